The summed E-state index contributed by atoms with van der Waals surface area (Å²) in [5.74, 6) is -1.38. The molecule has 0 bridgehead atoms. The molecule has 1 aliphatic heterocycles. The smallest absolute Gasteiger partial charge is 0.338 e. The van der Waals surface area contributed by atoms with E-state index in [2.05, 4.69) is 0 Å². The fourth-order valence-electron chi connectivity index (χ4n) is 3.13. The molecule has 2 N–H and O–H groups in total. The van der Waals surface area contributed by atoms with Crippen molar-refractivity contribution in [2.75, 3.05) is 13.7 Å². The summed E-state index contributed by atoms with van der Waals surface area (Å²) in [7, 11) is 1.49. The Labute approximate surface area is 165 Å². The van der Waals surface area contributed by atoms with Crippen LogP contribution >= 0.6 is 0 Å². The van der Waals surface area contributed by atoms with Crippen LogP contribution in [0.2, 0.25) is 0 Å². The van der Waals surface area contributed by atoms with Gasteiger partial charge in [-0.3, -0.25) is 0 Å². The molecule has 1 unspecified atom stereocenters. The van der Waals surface area contributed by atoms with E-state index in [9.17, 15) is 15.0 Å². The van der Waals surface area contributed by atoms with E-state index in [-0.39, 0.29) is 6.61 Å². The number of carbonyl (C=O) groups is 1. The molecule has 1 fully saturated rings. The van der Waals surface area contributed by atoms with Crippen LogP contribution in [0.25, 0.3) is 0 Å². The third kappa shape index (κ3) is 6.12. The molecule has 0 aliphatic carbocycles. The third-order valence-electron chi connectivity index (χ3n) is 4.45. The first-order valence-electron chi connectivity index (χ1n) is 9.39. The van der Waals surface area contributed by atoms with Crippen molar-refractivity contribution in [3.05, 3.63) is 48.0 Å². The van der Waals surface area contributed by atoms with Crippen LogP contribution in [-0.2, 0) is 18.9 Å². The van der Waals surface area contributed by atoms with Gasteiger partial charge in [-0.2, -0.15) is 0 Å². The summed E-state index contributed by atoms with van der Waals surface area (Å²) in [4.78, 5) is 12.6. The van der Waals surface area contributed by atoms with Gasteiger partial charge in [-0.15, -0.1) is 0 Å². The minimum Gasteiger partial charge on any atom is -0.452 e. The highest BCUT2D eigenvalue weighted by atomic mass is 16.8. The van der Waals surface area contributed by atoms with E-state index >= 15 is 0 Å². The summed E-state index contributed by atoms with van der Waals surface area (Å²) < 4.78 is 22.8. The number of aliphatic hydroxyl groups excluding tert-OH is 2. The number of hydrogen-bond donors (Lipinski definition) is 2. The standard InChI is InChI=1S/C21H30O7/c1-14(23)16(25-4)10-11-17(26-20(24)15-8-6-5-7-9-15)19-18(12-13-22)27-21(2,3)28-19/h5-11,14,16-19,22-23H,12-13H2,1-4H3/t14-,16+,17?,18-,19+/m0/s1. The van der Waals surface area contributed by atoms with E-state index in [1.165, 1.54) is 7.11 Å². The summed E-state index contributed by atoms with van der Waals surface area (Å²) in [5, 5.41) is 19.2. The van der Waals surface area contributed by atoms with Gasteiger partial charge in [0, 0.05) is 13.7 Å². The first-order valence-corrected chi connectivity index (χ1v) is 9.39. The number of carbonyl (C=O) groups excluding carboxylic acids is 1. The van der Waals surface area contributed by atoms with E-state index in [4.69, 9.17) is 18.9 Å². The molecule has 1 saturated heterocycles. The Hall–Kier alpha value is -1.77. The van der Waals surface area contributed by atoms with E-state index in [0.29, 0.717) is 12.0 Å². The first kappa shape index (κ1) is 22.5. The van der Waals surface area contributed by atoms with Crippen LogP contribution in [-0.4, -0.2) is 66.2 Å². The van der Waals surface area contributed by atoms with Gasteiger partial charge < -0.3 is 29.2 Å². The molecule has 28 heavy (non-hydrogen) atoms. The SMILES string of the molecule is CO[C@H](C=CC(OC(=O)c1ccccc1)[C@H]1OC(C)(C)O[C@H]1CCO)[C@H](C)O. The lowest BCUT2D eigenvalue weighted by Gasteiger charge is -2.25. The number of benzene rings is 1. The average Bonchev–Trinajstić information content (AvgIpc) is 2.96. The van der Waals surface area contributed by atoms with Crippen molar-refractivity contribution in [3.8, 4) is 0 Å². The van der Waals surface area contributed by atoms with Crippen molar-refractivity contribution in [1.29, 1.82) is 0 Å². The number of aliphatic hydroxyl groups is 2. The lowest BCUT2D eigenvalue weighted by atomic mass is 10.0. The second-order valence-electron chi connectivity index (χ2n) is 7.21. The Morgan fingerprint density at radius 2 is 1.93 bits per heavy atom. The van der Waals surface area contributed by atoms with Crippen LogP contribution in [0.5, 0.6) is 0 Å². The monoisotopic (exact) mass is 394 g/mol. The Morgan fingerprint density at radius 1 is 1.25 bits per heavy atom. The normalized spacial score (nSPS) is 24.8. The number of rotatable bonds is 9. The average molecular weight is 394 g/mol. The maximum absolute atomic E-state index is 12.6. The quantitative estimate of drug-likeness (QED) is 0.489. The molecule has 7 nitrogen and oxygen atoms in total. The molecule has 5 atom stereocenters. The van der Waals surface area contributed by atoms with Crippen LogP contribution in [0.3, 0.4) is 0 Å². The zero-order chi connectivity index (χ0) is 20.7. The molecule has 1 aromatic rings. The van der Waals surface area contributed by atoms with Crippen LogP contribution < -0.4 is 0 Å². The maximum Gasteiger partial charge on any atom is 0.338 e. The van der Waals surface area contributed by atoms with Crippen molar-refractivity contribution in [3.63, 3.8) is 0 Å². The molecule has 0 saturated carbocycles. The second kappa shape index (κ2) is 10.1. The summed E-state index contributed by atoms with van der Waals surface area (Å²) >= 11 is 0. The molecule has 0 radical (unpaired) electrons. The molecule has 0 spiro atoms. The highest BCUT2D eigenvalue weighted by Crippen LogP contribution is 2.33. The first-order chi connectivity index (χ1) is 13.3. The van der Waals surface area contributed by atoms with Gasteiger partial charge in [-0.05, 0) is 45.4 Å². The van der Waals surface area contributed by atoms with Gasteiger partial charge in [-0.1, -0.05) is 24.3 Å². The molecular weight excluding hydrogens is 364 g/mol. The van der Waals surface area contributed by atoms with Gasteiger partial charge >= 0.3 is 5.97 Å². The van der Waals surface area contributed by atoms with Crippen molar-refractivity contribution >= 4 is 5.97 Å². The minimum absolute atomic E-state index is 0.0853. The van der Waals surface area contributed by atoms with Crippen molar-refractivity contribution in [2.24, 2.45) is 0 Å². The Morgan fingerprint density at radius 3 is 2.50 bits per heavy atom. The van der Waals surface area contributed by atoms with E-state index in [1.807, 2.05) is 6.07 Å². The van der Waals surface area contributed by atoms with Crippen LogP contribution in [0.15, 0.2) is 42.5 Å². The molecule has 0 aromatic heterocycles. The Balaban J connectivity index is 2.27. The predicted octanol–water partition coefficient (Wildman–Crippen LogP) is 2.07. The highest BCUT2D eigenvalue weighted by Gasteiger charge is 2.45. The van der Waals surface area contributed by atoms with Gasteiger partial charge in [0.2, 0.25) is 0 Å². The minimum atomic E-state index is -0.874. The fourth-order valence-corrected chi connectivity index (χ4v) is 3.13. The van der Waals surface area contributed by atoms with E-state index < -0.39 is 42.3 Å². The number of hydrogen-bond acceptors (Lipinski definition) is 7. The van der Waals surface area contributed by atoms with Crippen molar-refractivity contribution < 1.29 is 34.0 Å². The van der Waals surface area contributed by atoms with Gasteiger partial charge in [0.1, 0.15) is 18.3 Å². The maximum atomic E-state index is 12.6. The lowest BCUT2D eigenvalue weighted by Crippen LogP contribution is -2.38. The summed E-state index contributed by atoms with van der Waals surface area (Å²) in [6, 6.07) is 8.65. The molecule has 7 heteroatoms. The highest BCUT2D eigenvalue weighted by molar-refractivity contribution is 5.89. The summed E-state index contributed by atoms with van der Waals surface area (Å²) in [6.45, 7) is 5.06. The molecule has 2 rings (SSSR count). The van der Waals surface area contributed by atoms with Crippen LogP contribution in [0, 0.1) is 0 Å². The zero-order valence-corrected chi connectivity index (χ0v) is 16.8. The zero-order valence-electron chi connectivity index (χ0n) is 16.8. The number of esters is 1. The molecule has 0 amide bonds. The van der Waals surface area contributed by atoms with Gasteiger partial charge in [0.05, 0.1) is 17.8 Å². The van der Waals surface area contributed by atoms with Gasteiger partial charge in [0.15, 0.2) is 5.79 Å². The Bertz CT molecular complexity index is 641. The van der Waals surface area contributed by atoms with E-state index in [0.717, 1.165) is 0 Å². The third-order valence-corrected chi connectivity index (χ3v) is 4.45. The van der Waals surface area contributed by atoms with Crippen molar-refractivity contribution in [2.45, 2.75) is 63.5 Å². The second-order valence-corrected chi connectivity index (χ2v) is 7.21. The number of ether oxygens (including phenoxy) is 4. The summed E-state index contributed by atoms with van der Waals surface area (Å²) in [5.41, 5.74) is 0.414. The topological polar surface area (TPSA) is 94.5 Å². The molecular formula is C21H30O7. The fraction of sp³-hybridized carbons (Fsp3) is 0.571. The van der Waals surface area contributed by atoms with Crippen molar-refractivity contribution in [1.82, 2.24) is 0 Å². The van der Waals surface area contributed by atoms with Crippen LogP contribution in [0.1, 0.15) is 37.6 Å². The Kier molecular flexibility index (Phi) is 8.15. The molecule has 1 heterocycles. The van der Waals surface area contributed by atoms with E-state index in [1.54, 1.807) is 57.2 Å². The van der Waals surface area contributed by atoms with Crippen LogP contribution in [0.4, 0.5) is 0 Å². The molecule has 156 valence electrons. The molecule has 1 aromatic carbocycles. The largest absolute Gasteiger partial charge is 0.452 e. The lowest BCUT2D eigenvalue weighted by molar-refractivity contribution is -0.153. The molecule has 1 aliphatic rings. The van der Waals surface area contributed by atoms with Gasteiger partial charge in [-0.25, -0.2) is 4.79 Å². The predicted molar refractivity (Wildman–Crippen MR) is 103 cm³/mol. The number of methoxy groups -OCH3 is 1. The van der Waals surface area contributed by atoms with Gasteiger partial charge in [0.25, 0.3) is 0 Å². The summed E-state index contributed by atoms with van der Waals surface area (Å²) in [6.07, 6.45) is 0.457.